The smallest absolute Gasteiger partial charge is 0.322 e. The van der Waals surface area contributed by atoms with Gasteiger partial charge < -0.3 is 24.3 Å². The number of aromatic nitrogens is 2. The Morgan fingerprint density at radius 3 is 2.03 bits per heavy atom. The van der Waals surface area contributed by atoms with Crippen LogP contribution in [0.5, 0.6) is 0 Å². The highest BCUT2D eigenvalue weighted by molar-refractivity contribution is 5.96. The zero-order valence-electron chi connectivity index (χ0n) is 17.0. The van der Waals surface area contributed by atoms with E-state index in [4.69, 9.17) is 18.9 Å². The van der Waals surface area contributed by atoms with Crippen molar-refractivity contribution in [3.8, 4) is 0 Å². The van der Waals surface area contributed by atoms with Gasteiger partial charge in [-0.3, -0.25) is 9.59 Å². The van der Waals surface area contributed by atoms with E-state index in [1.165, 1.54) is 34.6 Å². The lowest BCUT2D eigenvalue weighted by Crippen LogP contribution is -2.36. The number of rotatable bonds is 9. The van der Waals surface area contributed by atoms with E-state index in [1.807, 2.05) is 31.2 Å². The molecule has 0 amide bonds. The van der Waals surface area contributed by atoms with Crippen LogP contribution in [0.2, 0.25) is 0 Å². The normalized spacial score (nSPS) is 12.0. The average molecular weight is 403 g/mol. The number of carbonyl (C=O) groups excluding carboxylic acids is 2. The number of anilines is 1. The minimum absolute atomic E-state index is 0.185. The second-order valence-corrected chi connectivity index (χ2v) is 6.17. The van der Waals surface area contributed by atoms with Crippen LogP contribution in [-0.4, -0.2) is 50.3 Å². The van der Waals surface area contributed by atoms with E-state index in [2.05, 4.69) is 15.3 Å². The number of nitrogens with zero attached hydrogens (tertiary/aromatic N) is 2. The molecule has 0 saturated heterocycles. The predicted molar refractivity (Wildman–Crippen MR) is 104 cm³/mol. The van der Waals surface area contributed by atoms with Crippen molar-refractivity contribution in [1.29, 1.82) is 0 Å². The molecule has 0 aliphatic rings. The molecule has 0 saturated carbocycles. The van der Waals surface area contributed by atoms with Crippen LogP contribution < -0.4 is 5.32 Å². The molecule has 1 aromatic heterocycles. The molecule has 1 aromatic carbocycles. The molecule has 9 heteroatoms. The first-order valence-electron chi connectivity index (χ1n) is 8.82. The molecule has 0 unspecified atom stereocenters. The van der Waals surface area contributed by atoms with Gasteiger partial charge in [0.1, 0.15) is 5.69 Å². The lowest BCUT2D eigenvalue weighted by Gasteiger charge is -2.25. The summed E-state index contributed by atoms with van der Waals surface area (Å²) in [7, 11) is 5.40. The van der Waals surface area contributed by atoms with Gasteiger partial charge in [-0.15, -0.1) is 0 Å². The van der Waals surface area contributed by atoms with Gasteiger partial charge >= 0.3 is 11.9 Å². The Labute approximate surface area is 169 Å². The molecule has 0 aliphatic heterocycles. The molecule has 1 heterocycles. The minimum Gasteiger partial charge on any atom is -0.468 e. The molecule has 1 atom stereocenters. The monoisotopic (exact) mass is 403 g/mol. The fourth-order valence-electron chi connectivity index (χ4n) is 2.81. The number of esters is 2. The fraction of sp³-hybridized carbons (Fsp3) is 0.400. The number of carbonyl (C=O) groups is 2. The molecule has 1 N–H and O–H groups in total. The van der Waals surface area contributed by atoms with Crippen LogP contribution >= 0.6 is 0 Å². The van der Waals surface area contributed by atoms with Crippen molar-refractivity contribution in [2.45, 2.75) is 19.3 Å². The van der Waals surface area contributed by atoms with Crippen LogP contribution in [0, 0.1) is 12.8 Å². The van der Waals surface area contributed by atoms with Crippen molar-refractivity contribution in [3.63, 3.8) is 0 Å². The van der Waals surface area contributed by atoms with Crippen LogP contribution in [0.25, 0.3) is 0 Å². The maximum atomic E-state index is 12.4. The van der Waals surface area contributed by atoms with E-state index in [0.717, 1.165) is 5.56 Å². The van der Waals surface area contributed by atoms with Gasteiger partial charge in [-0.25, -0.2) is 9.97 Å². The number of aryl methyl sites for hydroxylation is 1. The second kappa shape index (κ2) is 10.5. The van der Waals surface area contributed by atoms with Crippen LogP contribution in [-0.2, 0) is 28.5 Å². The third kappa shape index (κ3) is 5.49. The van der Waals surface area contributed by atoms with Gasteiger partial charge in [-0.2, -0.15) is 0 Å². The van der Waals surface area contributed by atoms with E-state index in [-0.39, 0.29) is 5.95 Å². The lowest BCUT2D eigenvalue weighted by molar-refractivity contribution is -0.159. The van der Waals surface area contributed by atoms with Gasteiger partial charge in [-0.05, 0) is 18.6 Å². The van der Waals surface area contributed by atoms with Crippen molar-refractivity contribution in [3.05, 3.63) is 53.3 Å². The van der Waals surface area contributed by atoms with Crippen LogP contribution in [0.4, 0.5) is 5.95 Å². The topological polar surface area (TPSA) is 109 Å². The van der Waals surface area contributed by atoms with Crippen molar-refractivity contribution < 1.29 is 28.5 Å². The van der Waals surface area contributed by atoms with E-state index in [9.17, 15) is 9.59 Å². The number of methoxy groups -OCH3 is 4. The molecular weight excluding hydrogens is 378 g/mol. The standard InChI is InChI=1S/C20H25N3O6/c1-12-6-8-13(9-7-12)16(15(17(24)26-2)18(25)27-3)23-20-21-11-10-14(22-20)19(28-4)29-5/h6-11,15-16,19H,1-5H3,(H,21,22,23)/t16-/m1/s1. The number of hydrogen-bond donors (Lipinski definition) is 1. The molecule has 2 rings (SSSR count). The Balaban J connectivity index is 2.47. The van der Waals surface area contributed by atoms with E-state index < -0.39 is 30.2 Å². The second-order valence-electron chi connectivity index (χ2n) is 6.17. The Kier molecular flexibility index (Phi) is 8.05. The molecule has 0 spiro atoms. The zero-order chi connectivity index (χ0) is 21.4. The molecule has 0 radical (unpaired) electrons. The summed E-state index contributed by atoms with van der Waals surface area (Å²) in [4.78, 5) is 33.4. The maximum absolute atomic E-state index is 12.4. The molecule has 9 nitrogen and oxygen atoms in total. The molecule has 156 valence electrons. The van der Waals surface area contributed by atoms with Crippen molar-refractivity contribution in [2.24, 2.45) is 5.92 Å². The summed E-state index contributed by atoms with van der Waals surface area (Å²) in [6.07, 6.45) is 0.834. The van der Waals surface area contributed by atoms with Crippen molar-refractivity contribution in [2.75, 3.05) is 33.8 Å². The highest BCUT2D eigenvalue weighted by Gasteiger charge is 2.38. The van der Waals surface area contributed by atoms with Crippen molar-refractivity contribution in [1.82, 2.24) is 9.97 Å². The first-order chi connectivity index (χ1) is 13.9. The number of hydrogen-bond acceptors (Lipinski definition) is 9. The molecule has 0 bridgehead atoms. The Morgan fingerprint density at radius 1 is 0.931 bits per heavy atom. The molecule has 0 aliphatic carbocycles. The third-order valence-corrected chi connectivity index (χ3v) is 4.31. The summed E-state index contributed by atoms with van der Waals surface area (Å²) < 4.78 is 20.1. The Morgan fingerprint density at radius 2 is 1.52 bits per heavy atom. The summed E-state index contributed by atoms with van der Waals surface area (Å²) in [5.74, 6) is -2.55. The van der Waals surface area contributed by atoms with Crippen LogP contribution in [0.3, 0.4) is 0 Å². The fourth-order valence-corrected chi connectivity index (χ4v) is 2.81. The van der Waals surface area contributed by atoms with Gasteiger partial charge in [0.05, 0.1) is 20.3 Å². The lowest BCUT2D eigenvalue weighted by atomic mass is 9.92. The van der Waals surface area contributed by atoms with Gasteiger partial charge in [-0.1, -0.05) is 29.8 Å². The number of ether oxygens (including phenoxy) is 4. The minimum atomic E-state index is -1.26. The predicted octanol–water partition coefficient (Wildman–Crippen LogP) is 2.19. The van der Waals surface area contributed by atoms with E-state index >= 15 is 0 Å². The third-order valence-electron chi connectivity index (χ3n) is 4.31. The first-order valence-corrected chi connectivity index (χ1v) is 8.82. The van der Waals surface area contributed by atoms with Gasteiger partial charge in [0.15, 0.2) is 5.92 Å². The highest BCUT2D eigenvalue weighted by atomic mass is 16.7. The summed E-state index contributed by atoms with van der Waals surface area (Å²) in [5.41, 5.74) is 2.17. The van der Waals surface area contributed by atoms with Gasteiger partial charge in [0, 0.05) is 20.4 Å². The average Bonchev–Trinajstić information content (AvgIpc) is 2.74. The summed E-state index contributed by atoms with van der Waals surface area (Å²) >= 11 is 0. The van der Waals surface area contributed by atoms with E-state index in [1.54, 1.807) is 6.07 Å². The summed E-state index contributed by atoms with van der Waals surface area (Å²) in [6.45, 7) is 1.94. The number of benzene rings is 1. The largest absolute Gasteiger partial charge is 0.468 e. The molecule has 2 aromatic rings. The van der Waals surface area contributed by atoms with E-state index in [0.29, 0.717) is 11.3 Å². The Hall–Kier alpha value is -3.04. The summed E-state index contributed by atoms with van der Waals surface area (Å²) in [6, 6.07) is 8.18. The zero-order valence-corrected chi connectivity index (χ0v) is 17.0. The van der Waals surface area contributed by atoms with Gasteiger partial charge in [0.2, 0.25) is 12.2 Å². The molecule has 29 heavy (non-hydrogen) atoms. The Bertz CT molecular complexity index is 807. The van der Waals surface area contributed by atoms with Crippen molar-refractivity contribution >= 4 is 17.9 Å². The van der Waals surface area contributed by atoms with Crippen LogP contribution in [0.1, 0.15) is 29.2 Å². The molecular formula is C20H25N3O6. The molecule has 0 fully saturated rings. The van der Waals surface area contributed by atoms with Gasteiger partial charge in [0.25, 0.3) is 0 Å². The quantitative estimate of drug-likeness (QED) is 0.383. The van der Waals surface area contributed by atoms with Crippen LogP contribution in [0.15, 0.2) is 36.5 Å². The number of nitrogens with one attached hydrogen (secondary N) is 1. The highest BCUT2D eigenvalue weighted by Crippen LogP contribution is 2.29. The SMILES string of the molecule is COC(=O)C(C(=O)OC)[C@H](Nc1nccc(C(OC)OC)n1)c1ccc(C)cc1. The summed E-state index contributed by atoms with van der Waals surface area (Å²) in [5, 5.41) is 3.05. The first kappa shape index (κ1) is 22.3. The maximum Gasteiger partial charge on any atom is 0.322 e.